The molecule has 0 radical (unpaired) electrons. The topological polar surface area (TPSA) is 67.3 Å². The smallest absolute Gasteiger partial charge is 0.377 e. The van der Waals surface area contributed by atoms with Gasteiger partial charge in [0.05, 0.1) is 16.8 Å². The van der Waals surface area contributed by atoms with Crippen molar-refractivity contribution in [3.8, 4) is 11.1 Å². The molecule has 0 spiro atoms. The van der Waals surface area contributed by atoms with E-state index in [0.29, 0.717) is 11.2 Å². The Balaban J connectivity index is 1.75. The molecule has 140 valence electrons. The van der Waals surface area contributed by atoms with E-state index in [0.717, 1.165) is 22.1 Å². The van der Waals surface area contributed by atoms with Crippen LogP contribution in [0.15, 0.2) is 91.0 Å². The van der Waals surface area contributed by atoms with E-state index in [1.54, 1.807) is 12.1 Å². The first-order valence-corrected chi connectivity index (χ1v) is 9.13. The minimum atomic E-state index is -1.51. The first kappa shape index (κ1) is 18.3. The maximum atomic E-state index is 12.4. The van der Waals surface area contributed by atoms with Crippen molar-refractivity contribution in [2.45, 2.75) is 0 Å². The second-order valence-corrected chi connectivity index (χ2v) is 6.57. The number of fused-ring (bicyclic) bond motifs is 1. The fourth-order valence-corrected chi connectivity index (χ4v) is 3.16. The lowest BCUT2D eigenvalue weighted by atomic mass is 10.00. The molecule has 4 nitrogen and oxygen atoms in total. The van der Waals surface area contributed by atoms with Crippen LogP contribution in [0, 0.1) is 0 Å². The average molecular weight is 379 g/mol. The fraction of sp³-hybridized carbons (Fsp3) is 0. The molecule has 1 aromatic heterocycles. The first-order valence-electron chi connectivity index (χ1n) is 9.13. The zero-order valence-electron chi connectivity index (χ0n) is 15.4. The van der Waals surface area contributed by atoms with E-state index < -0.39 is 11.8 Å². The Kier molecular flexibility index (Phi) is 4.99. The summed E-state index contributed by atoms with van der Waals surface area (Å²) in [5, 5.41) is 10.2. The second kappa shape index (κ2) is 7.90. The number of benzene rings is 3. The molecule has 0 aliphatic heterocycles. The number of hydrogen-bond acceptors (Lipinski definition) is 3. The Morgan fingerprint density at radius 2 is 1.38 bits per heavy atom. The number of aromatic nitrogens is 1. The van der Waals surface area contributed by atoms with Gasteiger partial charge in [0.25, 0.3) is 5.78 Å². The third kappa shape index (κ3) is 3.96. The van der Waals surface area contributed by atoms with E-state index >= 15 is 0 Å². The van der Waals surface area contributed by atoms with E-state index in [4.69, 9.17) is 0 Å². The number of carboxylic acid groups (broad SMARTS) is 1. The lowest BCUT2D eigenvalue weighted by Crippen LogP contribution is -2.15. The molecule has 4 aromatic rings. The van der Waals surface area contributed by atoms with E-state index in [-0.39, 0.29) is 5.57 Å². The van der Waals surface area contributed by atoms with Gasteiger partial charge in [0.15, 0.2) is 0 Å². The molecule has 0 fully saturated rings. The van der Waals surface area contributed by atoms with Gasteiger partial charge in [-0.05, 0) is 34.9 Å². The Morgan fingerprint density at radius 3 is 2.10 bits per heavy atom. The van der Waals surface area contributed by atoms with Crippen molar-refractivity contribution < 1.29 is 14.7 Å². The highest BCUT2D eigenvalue weighted by Gasteiger charge is 2.21. The van der Waals surface area contributed by atoms with Crippen LogP contribution in [0.2, 0.25) is 0 Å². The summed E-state index contributed by atoms with van der Waals surface area (Å²) >= 11 is 0. The molecule has 1 N–H and O–H groups in total. The van der Waals surface area contributed by atoms with Crippen molar-refractivity contribution in [3.05, 3.63) is 102 Å². The van der Waals surface area contributed by atoms with Gasteiger partial charge in [0.1, 0.15) is 0 Å². The Hall–Kier alpha value is -4.05. The molecule has 0 saturated heterocycles. The van der Waals surface area contributed by atoms with Crippen LogP contribution < -0.4 is 0 Å². The molecule has 0 bridgehead atoms. The normalized spacial score (nSPS) is 11.4. The molecule has 0 saturated carbocycles. The van der Waals surface area contributed by atoms with Gasteiger partial charge in [-0.25, -0.2) is 9.78 Å². The summed E-state index contributed by atoms with van der Waals surface area (Å²) in [6.07, 6.45) is 1.57. The number of carbonyl (C=O) groups excluding carboxylic acids is 1. The molecule has 4 rings (SSSR count). The van der Waals surface area contributed by atoms with Crippen LogP contribution in [0.3, 0.4) is 0 Å². The number of pyridine rings is 1. The summed E-state index contributed by atoms with van der Waals surface area (Å²) in [7, 11) is 0. The number of hydrogen-bond donors (Lipinski definition) is 1. The molecule has 0 unspecified atom stereocenters. The SMILES string of the molecule is O=C(O)C(=O)C(=Cc1ccc(-c2ccccc2)cc1)c1ccc2ccccc2n1. The molecule has 3 aromatic carbocycles. The van der Waals surface area contributed by atoms with Crippen LogP contribution in [0.4, 0.5) is 0 Å². The van der Waals surface area contributed by atoms with Gasteiger partial charge < -0.3 is 5.11 Å². The van der Waals surface area contributed by atoms with Crippen LogP contribution >= 0.6 is 0 Å². The molecule has 0 aliphatic rings. The van der Waals surface area contributed by atoms with Crippen molar-refractivity contribution in [2.24, 2.45) is 0 Å². The number of ketones is 1. The van der Waals surface area contributed by atoms with Crippen molar-refractivity contribution >= 4 is 34.3 Å². The Morgan fingerprint density at radius 1 is 0.724 bits per heavy atom. The van der Waals surface area contributed by atoms with Gasteiger partial charge in [-0.2, -0.15) is 0 Å². The fourth-order valence-electron chi connectivity index (χ4n) is 3.16. The number of para-hydroxylation sites is 1. The molecule has 1 heterocycles. The number of carboxylic acids is 1. The molecular formula is C25H17NO3. The van der Waals surface area contributed by atoms with Crippen LogP contribution in [0.5, 0.6) is 0 Å². The lowest BCUT2D eigenvalue weighted by Gasteiger charge is -2.07. The molecule has 0 amide bonds. The van der Waals surface area contributed by atoms with Gasteiger partial charge in [0, 0.05) is 5.39 Å². The third-order valence-electron chi connectivity index (χ3n) is 4.64. The zero-order chi connectivity index (χ0) is 20.2. The largest absolute Gasteiger partial charge is 0.475 e. The maximum absolute atomic E-state index is 12.4. The van der Waals surface area contributed by atoms with E-state index in [2.05, 4.69) is 4.98 Å². The van der Waals surface area contributed by atoms with Crippen LogP contribution in [-0.4, -0.2) is 21.8 Å². The van der Waals surface area contributed by atoms with Crippen LogP contribution in [0.25, 0.3) is 33.7 Å². The highest BCUT2D eigenvalue weighted by atomic mass is 16.4. The molecular weight excluding hydrogens is 362 g/mol. The summed E-state index contributed by atoms with van der Waals surface area (Å²) in [4.78, 5) is 28.2. The van der Waals surface area contributed by atoms with Gasteiger partial charge in [0.2, 0.25) is 0 Å². The van der Waals surface area contributed by atoms with Gasteiger partial charge in [-0.3, -0.25) is 4.79 Å². The Labute approximate surface area is 167 Å². The molecule has 29 heavy (non-hydrogen) atoms. The number of Topliss-reactive ketones (excluding diaryl/α,β-unsaturated/α-hetero) is 1. The molecule has 0 atom stereocenters. The summed E-state index contributed by atoms with van der Waals surface area (Å²) in [5.41, 5.74) is 3.94. The monoisotopic (exact) mass is 379 g/mol. The predicted octanol–water partition coefficient (Wildman–Crippen LogP) is 5.10. The Bertz CT molecular complexity index is 1230. The van der Waals surface area contributed by atoms with Crippen molar-refractivity contribution in [1.82, 2.24) is 4.98 Å². The number of nitrogens with zero attached hydrogens (tertiary/aromatic N) is 1. The molecule has 4 heteroatoms. The quantitative estimate of drug-likeness (QED) is 0.387. The average Bonchev–Trinajstić information content (AvgIpc) is 2.77. The second-order valence-electron chi connectivity index (χ2n) is 6.57. The predicted molar refractivity (Wildman–Crippen MR) is 114 cm³/mol. The lowest BCUT2D eigenvalue weighted by molar-refractivity contribution is -0.146. The van der Waals surface area contributed by atoms with Gasteiger partial charge in [-0.1, -0.05) is 78.9 Å². The summed E-state index contributed by atoms with van der Waals surface area (Å²) in [6.45, 7) is 0. The zero-order valence-corrected chi connectivity index (χ0v) is 15.4. The van der Waals surface area contributed by atoms with Crippen molar-refractivity contribution in [2.75, 3.05) is 0 Å². The number of carbonyl (C=O) groups is 2. The minimum absolute atomic E-state index is 0.0516. The van der Waals surface area contributed by atoms with E-state index in [1.807, 2.05) is 84.9 Å². The first-order chi connectivity index (χ1) is 14.1. The van der Waals surface area contributed by atoms with Crippen LogP contribution in [0.1, 0.15) is 11.3 Å². The third-order valence-corrected chi connectivity index (χ3v) is 4.64. The standard InChI is InChI=1S/C25H17NO3/c27-24(25(28)29)21(23-15-14-20-8-4-5-9-22(20)26-23)16-17-10-12-19(13-11-17)18-6-2-1-3-7-18/h1-16H,(H,28,29). The molecule has 0 aliphatic carbocycles. The van der Waals surface area contributed by atoms with Gasteiger partial charge in [-0.15, -0.1) is 0 Å². The number of aliphatic carboxylic acids is 1. The highest BCUT2D eigenvalue weighted by molar-refractivity contribution is 6.52. The summed E-state index contributed by atoms with van der Waals surface area (Å²) in [5.74, 6) is -2.49. The van der Waals surface area contributed by atoms with E-state index in [1.165, 1.54) is 0 Å². The van der Waals surface area contributed by atoms with Gasteiger partial charge >= 0.3 is 5.97 Å². The minimum Gasteiger partial charge on any atom is -0.475 e. The van der Waals surface area contributed by atoms with E-state index in [9.17, 15) is 14.7 Å². The maximum Gasteiger partial charge on any atom is 0.377 e. The highest BCUT2D eigenvalue weighted by Crippen LogP contribution is 2.24. The van der Waals surface area contributed by atoms with Crippen LogP contribution in [-0.2, 0) is 9.59 Å². The van der Waals surface area contributed by atoms with Crippen molar-refractivity contribution in [3.63, 3.8) is 0 Å². The summed E-state index contributed by atoms with van der Waals surface area (Å²) in [6, 6.07) is 28.5. The summed E-state index contributed by atoms with van der Waals surface area (Å²) < 4.78 is 0. The number of rotatable bonds is 5. The van der Waals surface area contributed by atoms with Crippen molar-refractivity contribution in [1.29, 1.82) is 0 Å².